The highest BCUT2D eigenvalue weighted by Crippen LogP contribution is 2.32. The highest BCUT2D eigenvalue weighted by molar-refractivity contribution is 14.1. The fourth-order valence-corrected chi connectivity index (χ4v) is 2.78. The molecule has 3 rings (SSSR count). The van der Waals surface area contributed by atoms with Gasteiger partial charge in [0.2, 0.25) is 11.2 Å². The maximum atomic E-state index is 5.87. The van der Waals surface area contributed by atoms with E-state index in [1.54, 1.807) is 0 Å². The number of nitrogens with zero attached hydrogens (tertiary/aromatic N) is 2. The molecule has 3 nitrogen and oxygen atoms in total. The van der Waals surface area contributed by atoms with E-state index in [2.05, 4.69) is 32.6 Å². The third-order valence-corrected chi connectivity index (χ3v) is 4.05. The van der Waals surface area contributed by atoms with Crippen molar-refractivity contribution in [2.75, 3.05) is 0 Å². The van der Waals surface area contributed by atoms with Crippen LogP contribution in [0, 0.1) is 3.57 Å². The van der Waals surface area contributed by atoms with Gasteiger partial charge in [0, 0.05) is 3.57 Å². The third-order valence-electron chi connectivity index (χ3n) is 2.27. The normalized spacial score (nSPS) is 10.8. The number of ether oxygens (including phenoxy) is 1. The van der Waals surface area contributed by atoms with Crippen LogP contribution in [0.15, 0.2) is 35.7 Å². The molecule has 6 heteroatoms. The van der Waals surface area contributed by atoms with Gasteiger partial charge in [-0.1, -0.05) is 0 Å². The van der Waals surface area contributed by atoms with Crippen LogP contribution in [0.3, 0.4) is 0 Å². The van der Waals surface area contributed by atoms with E-state index in [0.29, 0.717) is 5.88 Å². The number of hydrogen-bond donors (Lipinski definition) is 0. The second-order valence-corrected chi connectivity index (χ2v) is 5.99. The number of fused-ring (bicyclic) bond motifs is 1. The molecule has 3 aromatic rings. The summed E-state index contributed by atoms with van der Waals surface area (Å²) < 4.78 is 7.81. The highest BCUT2D eigenvalue weighted by atomic mass is 127. The van der Waals surface area contributed by atoms with Gasteiger partial charge in [-0.25, -0.2) is 4.98 Å². The van der Waals surface area contributed by atoms with Gasteiger partial charge in [-0.3, -0.25) is 0 Å². The predicted octanol–water partition coefficient (Wildman–Crippen LogP) is 4.74. The third kappa shape index (κ3) is 2.43. The van der Waals surface area contributed by atoms with Crippen molar-refractivity contribution in [2.24, 2.45) is 0 Å². The Kier molecular flexibility index (Phi) is 3.36. The lowest BCUT2D eigenvalue weighted by Gasteiger charge is -2.05. The molecule has 0 aliphatic rings. The van der Waals surface area contributed by atoms with Crippen molar-refractivity contribution in [3.8, 4) is 11.6 Å². The van der Waals surface area contributed by atoms with Crippen LogP contribution in [0.5, 0.6) is 11.6 Å². The molecule has 0 unspecified atom stereocenters. The summed E-state index contributed by atoms with van der Waals surface area (Å²) in [6.07, 6.45) is 0. The predicted molar refractivity (Wildman–Crippen MR) is 81.7 cm³/mol. The molecule has 0 aliphatic carbocycles. The summed E-state index contributed by atoms with van der Waals surface area (Å²) in [6, 6.07) is 9.65. The van der Waals surface area contributed by atoms with Crippen molar-refractivity contribution in [3.63, 3.8) is 0 Å². The summed E-state index contributed by atoms with van der Waals surface area (Å²) in [4.78, 5) is 8.27. The quantitative estimate of drug-likeness (QED) is 0.470. The minimum Gasteiger partial charge on any atom is -0.437 e. The van der Waals surface area contributed by atoms with Crippen molar-refractivity contribution < 1.29 is 4.74 Å². The van der Waals surface area contributed by atoms with E-state index >= 15 is 0 Å². The first-order valence-corrected chi connectivity index (χ1v) is 7.40. The first kappa shape index (κ1) is 12.1. The van der Waals surface area contributed by atoms with Crippen LogP contribution < -0.4 is 4.74 Å². The van der Waals surface area contributed by atoms with E-state index in [4.69, 9.17) is 16.3 Å². The zero-order chi connectivity index (χ0) is 12.5. The number of thiophene rings is 1. The van der Waals surface area contributed by atoms with Gasteiger partial charge in [-0.05, 0) is 69.9 Å². The van der Waals surface area contributed by atoms with Gasteiger partial charge >= 0.3 is 0 Å². The van der Waals surface area contributed by atoms with Crippen LogP contribution in [0.2, 0.25) is 5.28 Å². The molecule has 0 aliphatic heterocycles. The molecule has 0 saturated heterocycles. The lowest BCUT2D eigenvalue weighted by Crippen LogP contribution is -1.90. The zero-order valence-corrected chi connectivity index (χ0v) is 12.7. The summed E-state index contributed by atoms with van der Waals surface area (Å²) in [5.41, 5.74) is 0.806. The molecule has 18 heavy (non-hydrogen) atoms. The first-order chi connectivity index (χ1) is 8.72. The minimum absolute atomic E-state index is 0.196. The van der Waals surface area contributed by atoms with Crippen molar-refractivity contribution >= 4 is 55.7 Å². The van der Waals surface area contributed by atoms with Crippen molar-refractivity contribution in [1.29, 1.82) is 0 Å². The molecule has 90 valence electrons. The second kappa shape index (κ2) is 4.99. The Morgan fingerprint density at radius 3 is 2.67 bits per heavy atom. The minimum atomic E-state index is 0.196. The number of rotatable bonds is 2. The van der Waals surface area contributed by atoms with Crippen molar-refractivity contribution in [2.45, 2.75) is 0 Å². The van der Waals surface area contributed by atoms with Gasteiger partial charge in [-0.15, -0.1) is 11.3 Å². The molecule has 0 N–H and O–H groups in total. The van der Waals surface area contributed by atoms with E-state index < -0.39 is 0 Å². The highest BCUT2D eigenvalue weighted by Gasteiger charge is 2.10. The summed E-state index contributed by atoms with van der Waals surface area (Å²) in [7, 11) is 0. The van der Waals surface area contributed by atoms with Gasteiger partial charge in [0.15, 0.2) is 0 Å². The number of benzene rings is 1. The molecule has 0 bridgehead atoms. The van der Waals surface area contributed by atoms with E-state index in [9.17, 15) is 0 Å². The van der Waals surface area contributed by atoms with E-state index in [1.165, 1.54) is 11.3 Å². The van der Waals surface area contributed by atoms with Crippen LogP contribution >= 0.6 is 45.5 Å². The number of halogens is 2. The van der Waals surface area contributed by atoms with Crippen LogP contribution in [-0.4, -0.2) is 9.97 Å². The van der Waals surface area contributed by atoms with Crippen molar-refractivity contribution in [1.82, 2.24) is 9.97 Å². The molecule has 2 heterocycles. The molecule has 0 saturated carbocycles. The SMILES string of the molecule is Clc1nc(Oc2ccc(I)cc2)c2sccc2n1. The maximum absolute atomic E-state index is 5.87. The molecule has 0 radical (unpaired) electrons. The molecule has 2 aromatic heterocycles. The molecule has 0 spiro atoms. The lowest BCUT2D eigenvalue weighted by atomic mass is 10.3. The molecule has 1 aromatic carbocycles. The molecule has 0 fully saturated rings. The van der Waals surface area contributed by atoms with Gasteiger partial charge in [0.25, 0.3) is 0 Å². The Morgan fingerprint density at radius 1 is 1.11 bits per heavy atom. The maximum Gasteiger partial charge on any atom is 0.241 e. The Hall–Kier alpha value is -0.920. The molecular weight excluding hydrogens is 383 g/mol. The molecular formula is C12H6ClIN2OS. The van der Waals surface area contributed by atoms with Crippen LogP contribution in [0.1, 0.15) is 0 Å². The molecule has 0 amide bonds. The van der Waals surface area contributed by atoms with Crippen LogP contribution in [0.4, 0.5) is 0 Å². The summed E-state index contributed by atoms with van der Waals surface area (Å²) >= 11 is 9.65. The second-order valence-electron chi connectivity index (χ2n) is 3.49. The van der Waals surface area contributed by atoms with Crippen molar-refractivity contribution in [3.05, 3.63) is 44.6 Å². The summed E-state index contributed by atoms with van der Waals surface area (Å²) in [6.45, 7) is 0. The van der Waals surface area contributed by atoms with Gasteiger partial charge in [-0.2, -0.15) is 4.98 Å². The molecule has 0 atom stereocenters. The monoisotopic (exact) mass is 388 g/mol. The average molecular weight is 389 g/mol. The number of hydrogen-bond acceptors (Lipinski definition) is 4. The van der Waals surface area contributed by atoms with E-state index in [-0.39, 0.29) is 5.28 Å². The fraction of sp³-hybridized carbons (Fsp3) is 0. The van der Waals surface area contributed by atoms with E-state index in [0.717, 1.165) is 19.5 Å². The fourth-order valence-electron chi connectivity index (χ4n) is 1.49. The van der Waals surface area contributed by atoms with Crippen LogP contribution in [0.25, 0.3) is 10.2 Å². The Labute approximate surface area is 126 Å². The smallest absolute Gasteiger partial charge is 0.241 e. The van der Waals surface area contributed by atoms with E-state index in [1.807, 2.05) is 35.7 Å². The lowest BCUT2D eigenvalue weighted by molar-refractivity contribution is 0.469. The van der Waals surface area contributed by atoms with Gasteiger partial charge < -0.3 is 4.74 Å². The average Bonchev–Trinajstić information content (AvgIpc) is 2.80. The zero-order valence-electron chi connectivity index (χ0n) is 8.93. The standard InChI is InChI=1S/C12H6ClIN2OS/c13-12-15-9-5-6-18-10(9)11(16-12)17-8-3-1-7(14)2-4-8/h1-6H. The topological polar surface area (TPSA) is 35.0 Å². The number of aromatic nitrogens is 2. The Bertz CT molecular complexity index is 699. The first-order valence-electron chi connectivity index (χ1n) is 5.06. The summed E-state index contributed by atoms with van der Waals surface area (Å²) in [5.74, 6) is 1.24. The largest absolute Gasteiger partial charge is 0.437 e. The van der Waals surface area contributed by atoms with Crippen LogP contribution in [-0.2, 0) is 0 Å². The van der Waals surface area contributed by atoms with Gasteiger partial charge in [0.05, 0.1) is 5.52 Å². The van der Waals surface area contributed by atoms with Gasteiger partial charge in [0.1, 0.15) is 10.4 Å². The summed E-state index contributed by atoms with van der Waals surface area (Å²) in [5, 5.41) is 2.14. The Balaban J connectivity index is 2.03. The Morgan fingerprint density at radius 2 is 1.89 bits per heavy atom.